The average molecular weight is 343 g/mol. The molecule has 0 heterocycles. The molecular weight excluding hydrogens is 320 g/mol. The summed E-state index contributed by atoms with van der Waals surface area (Å²) >= 11 is 0. The molecule has 0 radical (unpaired) electrons. The summed E-state index contributed by atoms with van der Waals surface area (Å²) in [7, 11) is -1.54. The first kappa shape index (κ1) is 19.3. The Bertz CT molecular complexity index is 664. The predicted molar refractivity (Wildman–Crippen MR) is 96.4 cm³/mol. The van der Waals surface area contributed by atoms with E-state index < -0.39 is 19.0 Å². The minimum atomic E-state index is -1.54. The number of hydrogen-bond acceptors (Lipinski definition) is 4. The minimum Gasteiger partial charge on any atom is -0.427 e. The first-order chi connectivity index (χ1) is 12.0. The summed E-state index contributed by atoms with van der Waals surface area (Å²) in [6, 6.07) is 14.8. The number of nitrogens with two attached hydrogens (primary N) is 1. The maximum Gasteiger partial charge on any atom is 0.455 e. The summed E-state index contributed by atoms with van der Waals surface area (Å²) in [5.41, 5.74) is 7.75. The van der Waals surface area contributed by atoms with Crippen molar-refractivity contribution in [2.45, 2.75) is 37.5 Å². The molecule has 4 nitrogen and oxygen atoms in total. The molecule has 0 fully saturated rings. The second kappa shape index (κ2) is 9.46. The van der Waals surface area contributed by atoms with Gasteiger partial charge in [0.1, 0.15) is 11.6 Å². The van der Waals surface area contributed by atoms with Gasteiger partial charge in [-0.15, -0.1) is 0 Å². The van der Waals surface area contributed by atoms with Crippen molar-refractivity contribution < 1.29 is 19.2 Å². The molecule has 2 aromatic carbocycles. The number of ketones is 1. The molecule has 0 aliphatic carbocycles. The minimum absolute atomic E-state index is 0.103. The van der Waals surface area contributed by atoms with E-state index in [4.69, 9.17) is 5.73 Å². The summed E-state index contributed by atoms with van der Waals surface area (Å²) in [6.45, 7) is 0. The highest BCUT2D eigenvalue weighted by atomic mass is 19.1. The van der Waals surface area contributed by atoms with Gasteiger partial charge in [0.25, 0.3) is 0 Å². The van der Waals surface area contributed by atoms with Crippen LogP contribution in [0.2, 0.25) is 5.82 Å². The molecule has 6 heteroatoms. The highest BCUT2D eigenvalue weighted by Crippen LogP contribution is 2.22. The molecule has 2 atom stereocenters. The van der Waals surface area contributed by atoms with Crippen molar-refractivity contribution in [1.29, 1.82) is 0 Å². The Balaban J connectivity index is 1.87. The Hall–Kier alpha value is -2.02. The van der Waals surface area contributed by atoms with E-state index in [0.29, 0.717) is 19.3 Å². The summed E-state index contributed by atoms with van der Waals surface area (Å²) < 4.78 is 12.9. The van der Waals surface area contributed by atoms with Crippen molar-refractivity contribution in [3.8, 4) is 0 Å². The van der Waals surface area contributed by atoms with Crippen LogP contribution < -0.4 is 5.73 Å². The van der Waals surface area contributed by atoms with Crippen LogP contribution in [0.3, 0.4) is 0 Å². The standard InChI is InChI=1S/C19H23BFNO3/c21-17-9-6-15(7-10-17)12-16(20(24)25)8-11-19(23)18(22)13-14-4-2-1-3-5-14/h1-7,9-10,16,18,24-25H,8,11-13,22H2/t16-,18-/m0/s1. The van der Waals surface area contributed by atoms with Gasteiger partial charge in [-0.3, -0.25) is 4.79 Å². The van der Waals surface area contributed by atoms with Crippen LogP contribution in [-0.2, 0) is 17.6 Å². The largest absolute Gasteiger partial charge is 0.455 e. The second-order valence-corrected chi connectivity index (χ2v) is 6.31. The summed E-state index contributed by atoms with van der Waals surface area (Å²) in [6.07, 6.45) is 1.32. The van der Waals surface area contributed by atoms with E-state index in [9.17, 15) is 19.2 Å². The van der Waals surface area contributed by atoms with E-state index in [2.05, 4.69) is 0 Å². The van der Waals surface area contributed by atoms with E-state index in [1.165, 1.54) is 12.1 Å². The summed E-state index contributed by atoms with van der Waals surface area (Å²) in [5, 5.41) is 19.1. The van der Waals surface area contributed by atoms with Crippen LogP contribution >= 0.6 is 0 Å². The molecule has 132 valence electrons. The molecule has 2 rings (SSSR count). The lowest BCUT2D eigenvalue weighted by Crippen LogP contribution is -2.33. The summed E-state index contributed by atoms with van der Waals surface area (Å²) in [4.78, 5) is 12.2. The molecule has 0 bridgehead atoms. The van der Waals surface area contributed by atoms with E-state index in [0.717, 1.165) is 11.1 Å². The van der Waals surface area contributed by atoms with Crippen LogP contribution in [0.25, 0.3) is 0 Å². The van der Waals surface area contributed by atoms with Crippen LogP contribution in [0.5, 0.6) is 0 Å². The lowest BCUT2D eigenvalue weighted by atomic mass is 9.67. The molecule has 0 saturated heterocycles. The fourth-order valence-corrected chi connectivity index (χ4v) is 2.77. The molecule has 0 spiro atoms. The molecule has 0 unspecified atom stereocenters. The number of carbonyl (C=O) groups is 1. The van der Waals surface area contributed by atoms with Crippen molar-refractivity contribution >= 4 is 12.9 Å². The zero-order valence-corrected chi connectivity index (χ0v) is 14.0. The van der Waals surface area contributed by atoms with Gasteiger partial charge in [0.15, 0.2) is 0 Å². The topological polar surface area (TPSA) is 83.6 Å². The molecule has 4 N–H and O–H groups in total. The molecule has 25 heavy (non-hydrogen) atoms. The number of Topliss-reactive ketones (excluding diaryl/α,β-unsaturated/α-hetero) is 1. The van der Waals surface area contributed by atoms with Crippen LogP contribution in [0, 0.1) is 5.82 Å². The Morgan fingerprint density at radius 1 is 1.00 bits per heavy atom. The molecule has 0 aromatic heterocycles. The van der Waals surface area contributed by atoms with Gasteiger partial charge in [0.05, 0.1) is 6.04 Å². The number of rotatable bonds is 9. The monoisotopic (exact) mass is 343 g/mol. The van der Waals surface area contributed by atoms with Crippen LogP contribution in [-0.4, -0.2) is 29.0 Å². The van der Waals surface area contributed by atoms with E-state index in [1.54, 1.807) is 12.1 Å². The van der Waals surface area contributed by atoms with Crippen molar-refractivity contribution in [2.75, 3.05) is 0 Å². The zero-order chi connectivity index (χ0) is 18.2. The van der Waals surface area contributed by atoms with Gasteiger partial charge < -0.3 is 15.8 Å². The van der Waals surface area contributed by atoms with Crippen molar-refractivity contribution in [3.63, 3.8) is 0 Å². The fraction of sp³-hybridized carbons (Fsp3) is 0.316. The van der Waals surface area contributed by atoms with Gasteiger partial charge in [-0.2, -0.15) is 0 Å². The summed E-state index contributed by atoms with van der Waals surface area (Å²) in [5.74, 6) is -0.946. The smallest absolute Gasteiger partial charge is 0.427 e. The van der Waals surface area contributed by atoms with Gasteiger partial charge in [-0.1, -0.05) is 42.5 Å². The molecule has 0 saturated carbocycles. The highest BCUT2D eigenvalue weighted by Gasteiger charge is 2.25. The first-order valence-electron chi connectivity index (χ1n) is 8.38. The Morgan fingerprint density at radius 3 is 2.20 bits per heavy atom. The quantitative estimate of drug-likeness (QED) is 0.609. The number of halogens is 1. The predicted octanol–water partition coefficient (Wildman–Crippen LogP) is 2.13. The SMILES string of the molecule is N[C@@H](Cc1ccccc1)C(=O)CC[C@@H](Cc1ccc(F)cc1)B(O)O. The first-order valence-corrected chi connectivity index (χ1v) is 8.38. The van der Waals surface area contributed by atoms with Crippen LogP contribution in [0.4, 0.5) is 4.39 Å². The highest BCUT2D eigenvalue weighted by molar-refractivity contribution is 6.43. The van der Waals surface area contributed by atoms with Gasteiger partial charge in [0, 0.05) is 6.42 Å². The van der Waals surface area contributed by atoms with E-state index in [1.807, 2.05) is 30.3 Å². The van der Waals surface area contributed by atoms with Crippen molar-refractivity contribution in [3.05, 3.63) is 71.5 Å². The zero-order valence-electron chi connectivity index (χ0n) is 14.0. The molecular formula is C19H23BFNO3. The Labute approximate surface area is 147 Å². The third-order valence-corrected chi connectivity index (χ3v) is 4.31. The number of carbonyl (C=O) groups excluding carboxylic acids is 1. The molecule has 0 amide bonds. The maximum absolute atomic E-state index is 12.9. The molecule has 0 aliphatic rings. The van der Waals surface area contributed by atoms with Gasteiger partial charge in [-0.05, 0) is 48.3 Å². The van der Waals surface area contributed by atoms with E-state index >= 15 is 0 Å². The molecule has 2 aromatic rings. The third-order valence-electron chi connectivity index (χ3n) is 4.31. The number of benzene rings is 2. The average Bonchev–Trinajstić information content (AvgIpc) is 2.60. The Kier molecular flexibility index (Phi) is 7.31. The molecule has 0 aliphatic heterocycles. The van der Waals surface area contributed by atoms with Gasteiger partial charge >= 0.3 is 7.12 Å². The normalized spacial score (nSPS) is 13.3. The maximum atomic E-state index is 12.9. The van der Waals surface area contributed by atoms with Crippen molar-refractivity contribution in [1.82, 2.24) is 0 Å². The van der Waals surface area contributed by atoms with Crippen molar-refractivity contribution in [2.24, 2.45) is 5.73 Å². The van der Waals surface area contributed by atoms with Gasteiger partial charge in [0.2, 0.25) is 0 Å². The van der Waals surface area contributed by atoms with Crippen LogP contribution in [0.15, 0.2) is 54.6 Å². The lowest BCUT2D eigenvalue weighted by molar-refractivity contribution is -0.120. The fourth-order valence-electron chi connectivity index (χ4n) is 2.77. The second-order valence-electron chi connectivity index (χ2n) is 6.31. The van der Waals surface area contributed by atoms with Gasteiger partial charge in [-0.25, -0.2) is 4.39 Å². The Morgan fingerprint density at radius 2 is 1.60 bits per heavy atom. The van der Waals surface area contributed by atoms with E-state index in [-0.39, 0.29) is 18.0 Å². The lowest BCUT2D eigenvalue weighted by Gasteiger charge is -2.17. The number of hydrogen-bond donors (Lipinski definition) is 3. The van der Waals surface area contributed by atoms with Crippen LogP contribution in [0.1, 0.15) is 24.0 Å². The third kappa shape index (κ3) is 6.42.